The van der Waals surface area contributed by atoms with Crippen LogP contribution in [0.2, 0.25) is 5.02 Å². The standard InChI is InChI=1S/C22H27ClFN3O2S/c1-3-27(4-2)20(18-7-5-6-8-19(18)23)13-25-21(28)14-30-15-22(29)26-17-11-9-16(24)10-12-17/h5-12,20H,3-4,13-15H2,1-2H3,(H,25,28)(H,26,29). The van der Waals surface area contributed by atoms with E-state index in [1.54, 1.807) is 0 Å². The van der Waals surface area contributed by atoms with Gasteiger partial charge in [-0.15, -0.1) is 11.8 Å². The first kappa shape index (κ1) is 24.2. The fourth-order valence-corrected chi connectivity index (χ4v) is 3.98. The van der Waals surface area contributed by atoms with Crippen LogP contribution in [0.25, 0.3) is 0 Å². The van der Waals surface area contributed by atoms with Crippen LogP contribution in [0.1, 0.15) is 25.5 Å². The topological polar surface area (TPSA) is 61.4 Å². The Bertz CT molecular complexity index is 831. The number of carbonyl (C=O) groups is 2. The third kappa shape index (κ3) is 7.63. The molecule has 0 aromatic heterocycles. The van der Waals surface area contributed by atoms with Crippen LogP contribution >= 0.6 is 23.4 Å². The summed E-state index contributed by atoms with van der Waals surface area (Å²) in [6, 6.07) is 13.2. The Hall–Kier alpha value is -2.09. The molecule has 0 saturated heterocycles. The number of likely N-dealkylation sites (N-methyl/N-ethyl adjacent to an activating group) is 1. The van der Waals surface area contributed by atoms with Gasteiger partial charge in [0.25, 0.3) is 0 Å². The number of halogens is 2. The number of anilines is 1. The van der Waals surface area contributed by atoms with Crippen LogP contribution in [0.5, 0.6) is 0 Å². The molecule has 0 aliphatic heterocycles. The Morgan fingerprint density at radius 1 is 1.03 bits per heavy atom. The molecule has 8 heteroatoms. The summed E-state index contributed by atoms with van der Waals surface area (Å²) in [7, 11) is 0. The number of amides is 2. The molecule has 0 saturated carbocycles. The highest BCUT2D eigenvalue weighted by atomic mass is 35.5. The summed E-state index contributed by atoms with van der Waals surface area (Å²) in [4.78, 5) is 26.5. The second kappa shape index (κ2) is 12.6. The van der Waals surface area contributed by atoms with Crippen molar-refractivity contribution in [1.82, 2.24) is 10.2 Å². The average Bonchev–Trinajstić information content (AvgIpc) is 2.73. The van der Waals surface area contributed by atoms with Crippen molar-refractivity contribution in [2.24, 2.45) is 0 Å². The summed E-state index contributed by atoms with van der Waals surface area (Å²) >= 11 is 7.60. The summed E-state index contributed by atoms with van der Waals surface area (Å²) in [6.45, 7) is 6.25. The van der Waals surface area contributed by atoms with E-state index in [4.69, 9.17) is 11.6 Å². The summed E-state index contributed by atoms with van der Waals surface area (Å²) in [5.41, 5.74) is 1.50. The van der Waals surface area contributed by atoms with E-state index in [0.717, 1.165) is 18.7 Å². The van der Waals surface area contributed by atoms with E-state index in [9.17, 15) is 14.0 Å². The van der Waals surface area contributed by atoms with Gasteiger partial charge < -0.3 is 10.6 Å². The lowest BCUT2D eigenvalue weighted by molar-refractivity contribution is -0.118. The van der Waals surface area contributed by atoms with Crippen molar-refractivity contribution >= 4 is 40.9 Å². The number of carbonyl (C=O) groups excluding carboxylic acids is 2. The van der Waals surface area contributed by atoms with E-state index in [1.807, 2.05) is 24.3 Å². The predicted octanol–water partition coefficient (Wildman–Crippen LogP) is 4.35. The van der Waals surface area contributed by atoms with E-state index in [-0.39, 0.29) is 35.2 Å². The first-order valence-corrected chi connectivity index (χ1v) is 11.4. The molecule has 5 nitrogen and oxygen atoms in total. The molecule has 2 aromatic rings. The van der Waals surface area contributed by atoms with Crippen molar-refractivity contribution in [2.45, 2.75) is 19.9 Å². The molecule has 0 radical (unpaired) electrons. The highest BCUT2D eigenvalue weighted by Gasteiger charge is 2.21. The van der Waals surface area contributed by atoms with Gasteiger partial charge in [0, 0.05) is 17.3 Å². The number of nitrogens with zero attached hydrogens (tertiary/aromatic N) is 1. The lowest BCUT2D eigenvalue weighted by atomic mass is 10.0. The van der Waals surface area contributed by atoms with E-state index >= 15 is 0 Å². The fourth-order valence-electron chi connectivity index (χ4n) is 3.07. The number of rotatable bonds is 11. The molecule has 1 unspecified atom stereocenters. The van der Waals surface area contributed by atoms with Gasteiger partial charge in [0.2, 0.25) is 11.8 Å². The number of hydrogen-bond donors (Lipinski definition) is 2. The van der Waals surface area contributed by atoms with Crippen LogP contribution in [0.4, 0.5) is 10.1 Å². The van der Waals surface area contributed by atoms with E-state index < -0.39 is 0 Å². The molecule has 2 aromatic carbocycles. The van der Waals surface area contributed by atoms with Crippen molar-refractivity contribution in [2.75, 3.05) is 36.5 Å². The molecule has 30 heavy (non-hydrogen) atoms. The predicted molar refractivity (Wildman–Crippen MR) is 122 cm³/mol. The summed E-state index contributed by atoms with van der Waals surface area (Å²) in [5, 5.41) is 6.30. The minimum absolute atomic E-state index is 0.0237. The average molecular weight is 452 g/mol. The minimum Gasteiger partial charge on any atom is -0.353 e. The number of hydrogen-bond acceptors (Lipinski definition) is 4. The zero-order valence-electron chi connectivity index (χ0n) is 17.2. The molecule has 2 N–H and O–H groups in total. The molecule has 0 aliphatic carbocycles. The van der Waals surface area contributed by atoms with Gasteiger partial charge in [0.1, 0.15) is 5.82 Å². The van der Waals surface area contributed by atoms with Gasteiger partial charge in [-0.25, -0.2) is 4.39 Å². The second-order valence-electron chi connectivity index (χ2n) is 6.61. The van der Waals surface area contributed by atoms with E-state index in [1.165, 1.54) is 36.0 Å². The first-order chi connectivity index (χ1) is 14.4. The Kier molecular flexibility index (Phi) is 10.1. The van der Waals surface area contributed by atoms with Gasteiger partial charge in [0.15, 0.2) is 0 Å². The second-order valence-corrected chi connectivity index (χ2v) is 8.00. The normalized spacial score (nSPS) is 11.9. The molecule has 0 fully saturated rings. The largest absolute Gasteiger partial charge is 0.353 e. The molecule has 0 bridgehead atoms. The Morgan fingerprint density at radius 2 is 1.67 bits per heavy atom. The van der Waals surface area contributed by atoms with Gasteiger partial charge in [-0.2, -0.15) is 0 Å². The minimum atomic E-state index is -0.362. The molecule has 2 rings (SSSR count). The van der Waals surface area contributed by atoms with Crippen LogP contribution in [0.3, 0.4) is 0 Å². The SMILES string of the molecule is CCN(CC)C(CNC(=O)CSCC(=O)Nc1ccc(F)cc1)c1ccccc1Cl. The molecule has 1 atom stereocenters. The smallest absolute Gasteiger partial charge is 0.234 e. The van der Waals surface area contributed by atoms with Gasteiger partial charge in [-0.3, -0.25) is 14.5 Å². The molecule has 0 spiro atoms. The molecule has 162 valence electrons. The van der Waals surface area contributed by atoms with Crippen molar-refractivity contribution in [3.05, 3.63) is 64.9 Å². The van der Waals surface area contributed by atoms with Gasteiger partial charge >= 0.3 is 0 Å². The number of nitrogens with one attached hydrogen (secondary N) is 2. The summed E-state index contributed by atoms with van der Waals surface area (Å²) in [6.07, 6.45) is 0. The van der Waals surface area contributed by atoms with Crippen molar-refractivity contribution < 1.29 is 14.0 Å². The fraction of sp³-hybridized carbons (Fsp3) is 0.364. The van der Waals surface area contributed by atoms with Crippen LogP contribution in [-0.4, -0.2) is 47.9 Å². The van der Waals surface area contributed by atoms with Gasteiger partial charge in [-0.05, 0) is 49.0 Å². The molecule has 0 aliphatic rings. The van der Waals surface area contributed by atoms with Gasteiger partial charge in [0.05, 0.1) is 17.5 Å². The van der Waals surface area contributed by atoms with Crippen molar-refractivity contribution in [3.63, 3.8) is 0 Å². The number of thioether (sulfide) groups is 1. The third-order valence-corrected chi connectivity index (χ3v) is 5.88. The summed E-state index contributed by atoms with van der Waals surface area (Å²) < 4.78 is 12.9. The zero-order valence-corrected chi connectivity index (χ0v) is 18.7. The van der Waals surface area contributed by atoms with Crippen LogP contribution < -0.4 is 10.6 Å². The van der Waals surface area contributed by atoms with Gasteiger partial charge in [-0.1, -0.05) is 43.6 Å². The van der Waals surface area contributed by atoms with E-state index in [0.29, 0.717) is 17.3 Å². The maximum absolute atomic E-state index is 12.9. The third-order valence-electron chi connectivity index (χ3n) is 4.60. The molecule has 2 amide bonds. The van der Waals surface area contributed by atoms with Crippen molar-refractivity contribution in [1.29, 1.82) is 0 Å². The first-order valence-electron chi connectivity index (χ1n) is 9.82. The van der Waals surface area contributed by atoms with E-state index in [2.05, 4.69) is 29.4 Å². The highest BCUT2D eigenvalue weighted by molar-refractivity contribution is 8.00. The Morgan fingerprint density at radius 3 is 2.30 bits per heavy atom. The Balaban J connectivity index is 1.81. The monoisotopic (exact) mass is 451 g/mol. The zero-order chi connectivity index (χ0) is 21.9. The molecular weight excluding hydrogens is 425 g/mol. The van der Waals surface area contributed by atoms with Crippen molar-refractivity contribution in [3.8, 4) is 0 Å². The van der Waals surface area contributed by atoms with Crippen LogP contribution in [-0.2, 0) is 9.59 Å². The highest BCUT2D eigenvalue weighted by Crippen LogP contribution is 2.27. The Labute approximate surface area is 186 Å². The quantitative estimate of drug-likeness (QED) is 0.533. The molecular formula is C22H27ClFN3O2S. The lowest BCUT2D eigenvalue weighted by Crippen LogP contribution is -2.38. The van der Waals surface area contributed by atoms with Crippen LogP contribution in [0.15, 0.2) is 48.5 Å². The number of benzene rings is 2. The maximum atomic E-state index is 12.9. The molecule has 0 heterocycles. The summed E-state index contributed by atoms with van der Waals surface area (Å²) in [5.74, 6) is -0.437. The maximum Gasteiger partial charge on any atom is 0.234 e. The van der Waals surface area contributed by atoms with Crippen LogP contribution in [0, 0.1) is 5.82 Å². The lowest BCUT2D eigenvalue weighted by Gasteiger charge is -2.30.